The molecule has 1 N–H and O–H groups in total. The molecule has 1 aliphatic heterocycles. The van der Waals surface area contributed by atoms with Crippen molar-refractivity contribution in [2.75, 3.05) is 7.11 Å². The molecule has 0 aliphatic carbocycles. The van der Waals surface area contributed by atoms with E-state index in [4.69, 9.17) is 19.0 Å². The summed E-state index contributed by atoms with van der Waals surface area (Å²) in [5, 5.41) is 9.06. The van der Waals surface area contributed by atoms with Crippen molar-refractivity contribution in [1.82, 2.24) is 0 Å². The summed E-state index contributed by atoms with van der Waals surface area (Å²) >= 11 is 0. The third kappa shape index (κ3) is 2.70. The molecule has 1 aliphatic rings. The molecular weight excluding hydrogens is 329 g/mol. The number of aliphatic carboxylic acids is 1. The second-order valence-corrected chi connectivity index (χ2v) is 5.05. The molecule has 2 heterocycles. The van der Waals surface area contributed by atoms with E-state index in [0.717, 1.165) is 6.08 Å². The summed E-state index contributed by atoms with van der Waals surface area (Å²) in [4.78, 5) is 11.2. The first-order valence-corrected chi connectivity index (χ1v) is 6.74. The quantitative estimate of drug-likeness (QED) is 0.922. The number of halogens is 3. The number of methoxy groups -OCH3 is 1. The molecule has 24 heavy (non-hydrogen) atoms. The van der Waals surface area contributed by atoms with Gasteiger partial charge in [-0.2, -0.15) is 13.2 Å². The van der Waals surface area contributed by atoms with E-state index in [-0.39, 0.29) is 17.1 Å². The monoisotopic (exact) mass is 340 g/mol. The number of carboxylic acids is 1. The second kappa shape index (κ2) is 5.63. The van der Waals surface area contributed by atoms with Gasteiger partial charge in [-0.25, -0.2) is 4.79 Å². The van der Waals surface area contributed by atoms with Crippen LogP contribution in [0.15, 0.2) is 40.7 Å². The van der Waals surface area contributed by atoms with E-state index < -0.39 is 23.8 Å². The van der Waals surface area contributed by atoms with E-state index in [0.29, 0.717) is 11.1 Å². The van der Waals surface area contributed by atoms with Gasteiger partial charge in [-0.1, -0.05) is 0 Å². The van der Waals surface area contributed by atoms with Crippen LogP contribution in [0.3, 0.4) is 0 Å². The van der Waals surface area contributed by atoms with Crippen molar-refractivity contribution in [3.63, 3.8) is 0 Å². The van der Waals surface area contributed by atoms with Crippen molar-refractivity contribution in [1.29, 1.82) is 0 Å². The minimum absolute atomic E-state index is 0.105. The van der Waals surface area contributed by atoms with E-state index in [1.165, 1.54) is 31.8 Å². The van der Waals surface area contributed by atoms with Crippen molar-refractivity contribution >= 4 is 12.0 Å². The maximum atomic E-state index is 13.1. The Morgan fingerprint density at radius 2 is 2.08 bits per heavy atom. The maximum Gasteiger partial charge on any atom is 0.430 e. The van der Waals surface area contributed by atoms with Gasteiger partial charge in [0.25, 0.3) is 0 Å². The molecule has 0 saturated carbocycles. The number of carbonyl (C=O) groups is 1. The summed E-state index contributed by atoms with van der Waals surface area (Å²) < 4.78 is 54.3. The number of alkyl halides is 3. The Balaban J connectivity index is 2.16. The van der Waals surface area contributed by atoms with Gasteiger partial charge in [0.2, 0.25) is 6.10 Å². The summed E-state index contributed by atoms with van der Waals surface area (Å²) in [5.41, 5.74) is 0.515. The summed E-state index contributed by atoms with van der Waals surface area (Å²) in [6, 6.07) is 4.44. The fraction of sp³-hybridized carbons (Fsp3) is 0.188. The Labute approximate surface area is 133 Å². The van der Waals surface area contributed by atoms with Crippen molar-refractivity contribution in [2.24, 2.45) is 0 Å². The van der Waals surface area contributed by atoms with Crippen LogP contribution in [-0.2, 0) is 4.79 Å². The zero-order chi connectivity index (χ0) is 17.5. The minimum Gasteiger partial charge on any atom is -0.496 e. The van der Waals surface area contributed by atoms with E-state index >= 15 is 0 Å². The summed E-state index contributed by atoms with van der Waals surface area (Å²) in [6.07, 6.45) is -3.55. The summed E-state index contributed by atoms with van der Waals surface area (Å²) in [6.45, 7) is 0. The maximum absolute atomic E-state index is 13.1. The zero-order valence-corrected chi connectivity index (χ0v) is 12.3. The number of hydrogen-bond donors (Lipinski definition) is 1. The molecule has 0 fully saturated rings. The molecule has 2 aromatic rings. The number of ether oxygens (including phenoxy) is 2. The Kier molecular flexibility index (Phi) is 3.75. The number of benzene rings is 1. The molecule has 5 nitrogen and oxygen atoms in total. The van der Waals surface area contributed by atoms with Gasteiger partial charge in [0.1, 0.15) is 11.5 Å². The van der Waals surface area contributed by atoms with Crippen molar-refractivity contribution in [3.8, 4) is 22.6 Å². The van der Waals surface area contributed by atoms with Crippen molar-refractivity contribution in [3.05, 3.63) is 41.9 Å². The van der Waals surface area contributed by atoms with E-state index in [9.17, 15) is 18.0 Å². The topological polar surface area (TPSA) is 68.9 Å². The van der Waals surface area contributed by atoms with Crippen LogP contribution in [0, 0.1) is 0 Å². The van der Waals surface area contributed by atoms with Gasteiger partial charge in [-0.05, 0) is 18.2 Å². The highest BCUT2D eigenvalue weighted by Crippen LogP contribution is 2.42. The van der Waals surface area contributed by atoms with Gasteiger partial charge in [0.05, 0.1) is 25.2 Å². The van der Waals surface area contributed by atoms with Crippen LogP contribution < -0.4 is 9.47 Å². The molecular formula is C16H11F3O5. The molecule has 3 rings (SSSR count). The first kappa shape index (κ1) is 16.0. The third-order valence-electron chi connectivity index (χ3n) is 3.55. The molecule has 0 saturated heterocycles. The van der Waals surface area contributed by atoms with E-state index in [2.05, 4.69) is 0 Å². The van der Waals surface area contributed by atoms with Crippen molar-refractivity contribution < 1.29 is 37.0 Å². The normalized spacial score (nSPS) is 16.8. The first-order valence-electron chi connectivity index (χ1n) is 6.74. The highest BCUT2D eigenvalue weighted by atomic mass is 19.4. The lowest BCUT2D eigenvalue weighted by Gasteiger charge is -2.27. The van der Waals surface area contributed by atoms with Crippen LogP contribution in [0.1, 0.15) is 5.56 Å². The second-order valence-electron chi connectivity index (χ2n) is 5.05. The SMILES string of the molecule is COc1cc2c(cc1-c1ccoc1)C=C(C(=O)O)C(C(F)(F)F)O2. The molecule has 0 radical (unpaired) electrons. The number of carboxylic acid groups (broad SMARTS) is 1. The lowest BCUT2D eigenvalue weighted by Crippen LogP contribution is -2.40. The Morgan fingerprint density at radius 1 is 1.33 bits per heavy atom. The largest absolute Gasteiger partial charge is 0.496 e. The summed E-state index contributed by atoms with van der Waals surface area (Å²) in [7, 11) is 1.37. The van der Waals surface area contributed by atoms with Crippen LogP contribution in [0.4, 0.5) is 13.2 Å². The van der Waals surface area contributed by atoms with Crippen LogP contribution in [0.25, 0.3) is 17.2 Å². The Bertz CT molecular complexity index is 806. The minimum atomic E-state index is -4.85. The molecule has 0 amide bonds. The molecule has 1 aromatic carbocycles. The summed E-state index contributed by atoms with van der Waals surface area (Å²) in [5.74, 6) is -1.52. The third-order valence-corrected chi connectivity index (χ3v) is 3.55. The zero-order valence-electron chi connectivity index (χ0n) is 12.3. The predicted octanol–water partition coefficient (Wildman–Crippen LogP) is 3.75. The first-order chi connectivity index (χ1) is 11.3. The van der Waals surface area contributed by atoms with Gasteiger partial charge in [0.15, 0.2) is 0 Å². The number of hydrogen-bond acceptors (Lipinski definition) is 4. The van der Waals surface area contributed by atoms with Gasteiger partial charge in [-0.3, -0.25) is 0 Å². The van der Waals surface area contributed by atoms with Crippen molar-refractivity contribution in [2.45, 2.75) is 12.3 Å². The number of furan rings is 1. The number of rotatable bonds is 3. The highest BCUT2D eigenvalue weighted by Gasteiger charge is 2.48. The molecule has 1 atom stereocenters. The Morgan fingerprint density at radius 3 is 2.62 bits per heavy atom. The molecule has 8 heteroatoms. The fourth-order valence-corrected chi connectivity index (χ4v) is 2.46. The highest BCUT2D eigenvalue weighted by molar-refractivity contribution is 5.95. The van der Waals surface area contributed by atoms with Gasteiger partial charge >= 0.3 is 12.1 Å². The van der Waals surface area contributed by atoms with Crippen LogP contribution in [0.2, 0.25) is 0 Å². The smallest absolute Gasteiger partial charge is 0.430 e. The van der Waals surface area contributed by atoms with E-state index in [1.807, 2.05) is 0 Å². The number of fused-ring (bicyclic) bond motifs is 1. The van der Waals surface area contributed by atoms with Crippen LogP contribution in [0.5, 0.6) is 11.5 Å². The Hall–Kier alpha value is -2.90. The van der Waals surface area contributed by atoms with Gasteiger partial charge in [0, 0.05) is 22.8 Å². The molecule has 1 unspecified atom stereocenters. The standard InChI is InChI=1S/C16H11F3O5/c1-22-13-6-12-9(4-10(13)8-2-3-23-7-8)5-11(15(20)21)14(24-12)16(17,18)19/h2-7,14H,1H3,(H,20,21). The van der Waals surface area contributed by atoms with E-state index in [1.54, 1.807) is 6.07 Å². The average Bonchev–Trinajstić information content (AvgIpc) is 3.05. The molecule has 126 valence electrons. The molecule has 0 bridgehead atoms. The van der Waals surface area contributed by atoms with Gasteiger partial charge < -0.3 is 19.0 Å². The molecule has 1 aromatic heterocycles. The fourth-order valence-electron chi connectivity index (χ4n) is 2.46. The van der Waals surface area contributed by atoms with Gasteiger partial charge in [-0.15, -0.1) is 0 Å². The molecule has 0 spiro atoms. The lowest BCUT2D eigenvalue weighted by atomic mass is 9.97. The van der Waals surface area contributed by atoms with Crippen LogP contribution in [-0.4, -0.2) is 30.5 Å². The average molecular weight is 340 g/mol. The van der Waals surface area contributed by atoms with Crippen LogP contribution >= 0.6 is 0 Å². The lowest BCUT2D eigenvalue weighted by molar-refractivity contribution is -0.187. The predicted molar refractivity (Wildman–Crippen MR) is 76.8 cm³/mol.